The molecule has 0 atom stereocenters. The lowest BCUT2D eigenvalue weighted by atomic mass is 10.0. The molecule has 32 heavy (non-hydrogen) atoms. The number of aromatic nitrogens is 2. The van der Waals surface area contributed by atoms with Crippen LogP contribution >= 0.6 is 0 Å². The summed E-state index contributed by atoms with van der Waals surface area (Å²) in [6.07, 6.45) is 4.90. The number of aromatic hydroxyl groups is 1. The first-order valence-corrected chi connectivity index (χ1v) is 10.3. The number of aliphatic imine (C=N–C) groups is 1. The molecule has 0 saturated heterocycles. The number of nitrogens with one attached hydrogen (secondary N) is 1. The lowest BCUT2D eigenvalue weighted by Gasteiger charge is -2.14. The highest BCUT2D eigenvalue weighted by Crippen LogP contribution is 2.39. The summed E-state index contributed by atoms with van der Waals surface area (Å²) in [6, 6.07) is 19.2. The van der Waals surface area contributed by atoms with E-state index in [1.165, 1.54) is 14.1 Å². The molecule has 1 aliphatic rings. The summed E-state index contributed by atoms with van der Waals surface area (Å²) in [4.78, 5) is 29.9. The molecule has 7 nitrogen and oxygen atoms in total. The molecule has 0 amide bonds. The van der Waals surface area contributed by atoms with Crippen molar-refractivity contribution in [1.82, 2.24) is 9.13 Å². The van der Waals surface area contributed by atoms with E-state index in [1.807, 2.05) is 66.9 Å². The summed E-state index contributed by atoms with van der Waals surface area (Å²) in [5.41, 5.74) is 2.95. The van der Waals surface area contributed by atoms with Gasteiger partial charge in [0.25, 0.3) is 5.56 Å². The third-order valence-electron chi connectivity index (χ3n) is 5.50. The highest BCUT2D eigenvalue weighted by molar-refractivity contribution is 6.00. The van der Waals surface area contributed by atoms with Gasteiger partial charge in [-0.2, -0.15) is 0 Å². The summed E-state index contributed by atoms with van der Waals surface area (Å²) in [5, 5.41) is 14.0. The van der Waals surface area contributed by atoms with Gasteiger partial charge in [0.15, 0.2) is 0 Å². The molecule has 1 heterocycles. The van der Waals surface area contributed by atoms with Crippen LogP contribution in [0.3, 0.4) is 0 Å². The van der Waals surface area contributed by atoms with Crippen molar-refractivity contribution < 1.29 is 5.11 Å². The van der Waals surface area contributed by atoms with Crippen molar-refractivity contribution in [2.75, 3.05) is 5.32 Å². The topological polar surface area (TPSA) is 88.6 Å². The van der Waals surface area contributed by atoms with Crippen LogP contribution in [-0.2, 0) is 14.1 Å². The van der Waals surface area contributed by atoms with Crippen molar-refractivity contribution in [3.05, 3.63) is 104 Å². The third-order valence-corrected chi connectivity index (χ3v) is 5.50. The van der Waals surface area contributed by atoms with E-state index in [9.17, 15) is 14.7 Å². The Kier molecular flexibility index (Phi) is 5.89. The number of nitrogens with zero attached hydrogens (tertiary/aromatic N) is 3. The number of anilines is 1. The second-order valence-corrected chi connectivity index (χ2v) is 7.58. The van der Waals surface area contributed by atoms with Crippen LogP contribution in [0.15, 0.2) is 92.6 Å². The normalized spacial score (nSPS) is 15.1. The SMILES string of the molecule is Cn1c(O)c(C2=C(C=Nc3ccccc3)CCC2=CNc2ccccc2)c(=O)n(C)c1=O. The van der Waals surface area contributed by atoms with Crippen molar-refractivity contribution in [3.63, 3.8) is 0 Å². The van der Waals surface area contributed by atoms with Crippen molar-refractivity contribution in [2.24, 2.45) is 19.1 Å². The molecule has 0 bridgehead atoms. The highest BCUT2D eigenvalue weighted by Gasteiger charge is 2.27. The van der Waals surface area contributed by atoms with Crippen molar-refractivity contribution >= 4 is 23.2 Å². The summed E-state index contributed by atoms with van der Waals surface area (Å²) in [5.74, 6) is -0.355. The quantitative estimate of drug-likeness (QED) is 0.606. The average molecular weight is 428 g/mol. The standard InChI is InChI=1S/C25H24N4O3/c1-28-23(30)22(24(31)29(2)25(28)32)21-17(15-26-19-9-5-3-6-10-19)13-14-18(21)16-27-20-11-7-4-8-12-20/h3-12,15-16,26,30H,13-14H2,1-2H3. The Morgan fingerprint density at radius 2 is 1.59 bits per heavy atom. The first kappa shape index (κ1) is 21.1. The van der Waals surface area contributed by atoms with Crippen molar-refractivity contribution in [2.45, 2.75) is 12.8 Å². The van der Waals surface area contributed by atoms with Crippen LogP contribution in [0.2, 0.25) is 0 Å². The van der Waals surface area contributed by atoms with E-state index in [-0.39, 0.29) is 11.4 Å². The Hall–Kier alpha value is -4.13. The molecule has 4 rings (SSSR count). The zero-order valence-corrected chi connectivity index (χ0v) is 17.9. The molecule has 3 aromatic rings. The Morgan fingerprint density at radius 3 is 2.28 bits per heavy atom. The van der Waals surface area contributed by atoms with Crippen LogP contribution in [0.5, 0.6) is 5.88 Å². The molecule has 0 aliphatic heterocycles. The van der Waals surface area contributed by atoms with Gasteiger partial charge in [-0.05, 0) is 48.3 Å². The van der Waals surface area contributed by atoms with Crippen molar-refractivity contribution in [3.8, 4) is 5.88 Å². The van der Waals surface area contributed by atoms with Gasteiger partial charge in [0, 0.05) is 37.8 Å². The van der Waals surface area contributed by atoms with E-state index in [0.29, 0.717) is 18.4 Å². The first-order valence-electron chi connectivity index (χ1n) is 10.3. The van der Waals surface area contributed by atoms with E-state index in [4.69, 9.17) is 0 Å². The maximum absolute atomic E-state index is 13.1. The molecular weight excluding hydrogens is 404 g/mol. The first-order chi connectivity index (χ1) is 15.5. The Bertz CT molecular complexity index is 1350. The number of hydrogen-bond acceptors (Lipinski definition) is 5. The maximum Gasteiger partial charge on any atom is 0.333 e. The molecule has 0 spiro atoms. The molecule has 7 heteroatoms. The summed E-state index contributed by atoms with van der Waals surface area (Å²) >= 11 is 0. The molecular formula is C25H24N4O3. The molecule has 2 aromatic carbocycles. The molecule has 1 aromatic heterocycles. The Balaban J connectivity index is 1.87. The minimum absolute atomic E-state index is 0.0997. The molecule has 0 saturated carbocycles. The number of benzene rings is 2. The van der Waals surface area contributed by atoms with E-state index >= 15 is 0 Å². The van der Waals surface area contributed by atoms with Gasteiger partial charge in [-0.1, -0.05) is 36.4 Å². The summed E-state index contributed by atoms with van der Waals surface area (Å²) in [6.45, 7) is 0. The molecule has 162 valence electrons. The number of hydrogen-bond donors (Lipinski definition) is 2. The lowest BCUT2D eigenvalue weighted by Crippen LogP contribution is -2.38. The van der Waals surface area contributed by atoms with Crippen LogP contribution in [0.25, 0.3) is 5.57 Å². The Morgan fingerprint density at radius 1 is 0.938 bits per heavy atom. The smallest absolute Gasteiger partial charge is 0.333 e. The molecule has 1 aliphatic carbocycles. The lowest BCUT2D eigenvalue weighted by molar-refractivity contribution is 0.409. The number of rotatable bonds is 5. The van der Waals surface area contributed by atoms with Gasteiger partial charge in [-0.15, -0.1) is 0 Å². The van der Waals surface area contributed by atoms with Crippen LogP contribution < -0.4 is 16.6 Å². The maximum atomic E-state index is 13.1. The fraction of sp³-hybridized carbons (Fsp3) is 0.160. The fourth-order valence-electron chi connectivity index (χ4n) is 3.74. The van der Waals surface area contributed by atoms with Crippen LogP contribution in [0.1, 0.15) is 18.4 Å². The van der Waals surface area contributed by atoms with Gasteiger partial charge in [0.2, 0.25) is 5.88 Å². The van der Waals surface area contributed by atoms with E-state index in [0.717, 1.165) is 31.7 Å². The average Bonchev–Trinajstić information content (AvgIpc) is 3.22. The molecule has 2 N–H and O–H groups in total. The zero-order valence-electron chi connectivity index (χ0n) is 17.9. The zero-order chi connectivity index (χ0) is 22.7. The monoisotopic (exact) mass is 428 g/mol. The minimum atomic E-state index is -0.581. The number of para-hydroxylation sites is 2. The van der Waals surface area contributed by atoms with Gasteiger partial charge >= 0.3 is 5.69 Å². The van der Waals surface area contributed by atoms with E-state index in [1.54, 1.807) is 6.21 Å². The van der Waals surface area contributed by atoms with Gasteiger partial charge in [-0.3, -0.25) is 18.9 Å². The molecule has 0 radical (unpaired) electrons. The van der Waals surface area contributed by atoms with Gasteiger partial charge < -0.3 is 10.4 Å². The second-order valence-electron chi connectivity index (χ2n) is 7.58. The van der Waals surface area contributed by atoms with E-state index < -0.39 is 11.2 Å². The Labute approximate surface area is 185 Å². The predicted octanol–water partition coefficient (Wildman–Crippen LogP) is 3.74. The highest BCUT2D eigenvalue weighted by atomic mass is 16.3. The number of allylic oxidation sites excluding steroid dienone is 3. The fourth-order valence-corrected chi connectivity index (χ4v) is 3.74. The van der Waals surface area contributed by atoms with Gasteiger partial charge in [0.05, 0.1) is 5.69 Å². The van der Waals surface area contributed by atoms with Crippen LogP contribution in [0, 0.1) is 0 Å². The third kappa shape index (κ3) is 4.05. The largest absolute Gasteiger partial charge is 0.494 e. The van der Waals surface area contributed by atoms with Crippen LogP contribution in [-0.4, -0.2) is 20.5 Å². The predicted molar refractivity (Wildman–Crippen MR) is 127 cm³/mol. The summed E-state index contributed by atoms with van der Waals surface area (Å²) in [7, 11) is 2.85. The van der Waals surface area contributed by atoms with E-state index in [2.05, 4.69) is 10.3 Å². The van der Waals surface area contributed by atoms with Gasteiger partial charge in [-0.25, -0.2) is 4.79 Å². The molecule has 0 fully saturated rings. The summed E-state index contributed by atoms with van der Waals surface area (Å²) < 4.78 is 2.09. The van der Waals surface area contributed by atoms with Gasteiger partial charge in [0.1, 0.15) is 5.56 Å². The minimum Gasteiger partial charge on any atom is -0.494 e. The second kappa shape index (κ2) is 8.93. The van der Waals surface area contributed by atoms with Crippen LogP contribution in [0.4, 0.5) is 11.4 Å². The molecule has 0 unspecified atom stereocenters. The van der Waals surface area contributed by atoms with Crippen molar-refractivity contribution in [1.29, 1.82) is 0 Å².